The van der Waals surface area contributed by atoms with Crippen molar-refractivity contribution in [3.05, 3.63) is 35.8 Å². The topological polar surface area (TPSA) is 67.9 Å². The minimum atomic E-state index is -0.433. The average molecular weight is 231 g/mol. The van der Waals surface area contributed by atoms with E-state index in [0.29, 0.717) is 11.5 Å². The van der Waals surface area contributed by atoms with E-state index in [-0.39, 0.29) is 0 Å². The van der Waals surface area contributed by atoms with Gasteiger partial charge in [0.15, 0.2) is 5.82 Å². The zero-order chi connectivity index (χ0) is 12.3. The Bertz CT molecular complexity index is 534. The monoisotopic (exact) mass is 231 g/mol. The Morgan fingerprint density at radius 3 is 3.00 bits per heavy atom. The van der Waals surface area contributed by atoms with E-state index in [1.165, 1.54) is 13.3 Å². The number of rotatable bonds is 3. The van der Waals surface area contributed by atoms with Crippen LogP contribution < -0.4 is 0 Å². The molecule has 2 aromatic heterocycles. The largest absolute Gasteiger partial charge is 0.464 e. The minimum Gasteiger partial charge on any atom is -0.464 e. The van der Waals surface area contributed by atoms with Gasteiger partial charge in [0.1, 0.15) is 11.4 Å². The van der Waals surface area contributed by atoms with E-state index in [1.807, 2.05) is 19.1 Å². The third kappa shape index (κ3) is 2.18. The van der Waals surface area contributed by atoms with E-state index in [1.54, 1.807) is 6.20 Å². The quantitative estimate of drug-likeness (QED) is 0.818. The second-order valence-corrected chi connectivity index (χ2v) is 3.50. The zero-order valence-electron chi connectivity index (χ0n) is 9.73. The van der Waals surface area contributed by atoms with E-state index in [9.17, 15) is 4.79 Å². The summed E-state index contributed by atoms with van der Waals surface area (Å²) < 4.78 is 4.61. The summed E-state index contributed by atoms with van der Waals surface area (Å²) >= 11 is 0. The first-order chi connectivity index (χ1) is 8.26. The molecular weight excluding hydrogens is 218 g/mol. The third-order valence-electron chi connectivity index (χ3n) is 2.48. The lowest BCUT2D eigenvalue weighted by Crippen LogP contribution is -2.01. The predicted octanol–water partition coefficient (Wildman–Crippen LogP) is 1.82. The first kappa shape index (κ1) is 11.3. The van der Waals surface area contributed by atoms with Crippen molar-refractivity contribution in [3.8, 4) is 11.5 Å². The Morgan fingerprint density at radius 1 is 1.47 bits per heavy atom. The number of nitrogens with zero attached hydrogens (tertiary/aromatic N) is 2. The van der Waals surface area contributed by atoms with Crippen LogP contribution >= 0.6 is 0 Å². The molecule has 5 nitrogen and oxygen atoms in total. The van der Waals surface area contributed by atoms with Gasteiger partial charge in [-0.3, -0.25) is 4.98 Å². The van der Waals surface area contributed by atoms with Crippen LogP contribution in [0.25, 0.3) is 11.5 Å². The zero-order valence-corrected chi connectivity index (χ0v) is 9.73. The number of aryl methyl sites for hydroxylation is 1. The molecule has 0 saturated heterocycles. The Morgan fingerprint density at radius 2 is 2.29 bits per heavy atom. The normalized spacial score (nSPS) is 10.2. The van der Waals surface area contributed by atoms with Gasteiger partial charge in [-0.1, -0.05) is 13.0 Å². The summed E-state index contributed by atoms with van der Waals surface area (Å²) in [5.74, 6) is 0.153. The van der Waals surface area contributed by atoms with Crippen molar-refractivity contribution in [2.45, 2.75) is 13.3 Å². The second kappa shape index (κ2) is 4.78. The lowest BCUT2D eigenvalue weighted by molar-refractivity contribution is 0.0595. The van der Waals surface area contributed by atoms with Crippen molar-refractivity contribution in [1.82, 2.24) is 15.0 Å². The lowest BCUT2D eigenvalue weighted by atomic mass is 10.1. The molecule has 0 fully saturated rings. The molecule has 0 amide bonds. The highest BCUT2D eigenvalue weighted by atomic mass is 16.5. The molecule has 2 rings (SSSR count). The smallest absolute Gasteiger partial charge is 0.356 e. The van der Waals surface area contributed by atoms with E-state index in [4.69, 9.17) is 0 Å². The summed E-state index contributed by atoms with van der Waals surface area (Å²) in [4.78, 5) is 22.6. The van der Waals surface area contributed by atoms with E-state index >= 15 is 0 Å². The molecule has 0 saturated carbocycles. The number of carbonyl (C=O) groups is 1. The number of ether oxygens (including phenoxy) is 1. The molecule has 0 atom stereocenters. The molecule has 0 spiro atoms. The molecule has 2 aromatic rings. The van der Waals surface area contributed by atoms with Crippen molar-refractivity contribution in [1.29, 1.82) is 0 Å². The molecule has 5 heteroatoms. The molecule has 0 aliphatic carbocycles. The van der Waals surface area contributed by atoms with Gasteiger partial charge in [0.05, 0.1) is 13.3 Å². The number of carbonyl (C=O) groups excluding carboxylic acids is 1. The summed E-state index contributed by atoms with van der Waals surface area (Å²) in [7, 11) is 1.33. The average Bonchev–Trinajstić information content (AvgIpc) is 2.87. The minimum absolute atomic E-state index is 0.329. The Labute approximate surface area is 98.9 Å². The molecule has 0 radical (unpaired) electrons. The maximum absolute atomic E-state index is 11.3. The van der Waals surface area contributed by atoms with Crippen LogP contribution in [0.2, 0.25) is 0 Å². The van der Waals surface area contributed by atoms with Crippen molar-refractivity contribution in [2.24, 2.45) is 0 Å². The van der Waals surface area contributed by atoms with Crippen molar-refractivity contribution >= 4 is 5.97 Å². The van der Waals surface area contributed by atoms with Gasteiger partial charge in [0, 0.05) is 6.20 Å². The number of hydrogen-bond acceptors (Lipinski definition) is 4. The van der Waals surface area contributed by atoms with Crippen molar-refractivity contribution < 1.29 is 9.53 Å². The number of pyridine rings is 1. The van der Waals surface area contributed by atoms with Gasteiger partial charge in [-0.05, 0) is 18.1 Å². The maximum atomic E-state index is 11.3. The summed E-state index contributed by atoms with van der Waals surface area (Å²) in [5, 5.41) is 0. The number of nitrogens with one attached hydrogen (secondary N) is 1. The van der Waals surface area contributed by atoms with Crippen LogP contribution in [0, 0.1) is 0 Å². The van der Waals surface area contributed by atoms with Crippen LogP contribution in [-0.2, 0) is 11.2 Å². The first-order valence-electron chi connectivity index (χ1n) is 5.33. The van der Waals surface area contributed by atoms with Crippen molar-refractivity contribution in [2.75, 3.05) is 7.11 Å². The molecule has 0 aromatic carbocycles. The van der Waals surface area contributed by atoms with Gasteiger partial charge in [-0.2, -0.15) is 0 Å². The molecule has 0 bridgehead atoms. The van der Waals surface area contributed by atoms with Gasteiger partial charge in [-0.25, -0.2) is 9.78 Å². The fraction of sp³-hybridized carbons (Fsp3) is 0.250. The van der Waals surface area contributed by atoms with Crippen LogP contribution in [-0.4, -0.2) is 28.0 Å². The highest BCUT2D eigenvalue weighted by Crippen LogP contribution is 2.18. The van der Waals surface area contributed by atoms with Crippen LogP contribution in [0.4, 0.5) is 0 Å². The van der Waals surface area contributed by atoms with Crippen LogP contribution in [0.1, 0.15) is 23.0 Å². The number of hydrogen-bond donors (Lipinski definition) is 1. The molecular formula is C12H13N3O2. The van der Waals surface area contributed by atoms with Crippen LogP contribution in [0.5, 0.6) is 0 Å². The summed E-state index contributed by atoms with van der Waals surface area (Å²) in [6.45, 7) is 2.05. The molecule has 88 valence electrons. The fourth-order valence-corrected chi connectivity index (χ4v) is 1.59. The fourth-order valence-electron chi connectivity index (χ4n) is 1.59. The molecule has 17 heavy (non-hydrogen) atoms. The Hall–Kier alpha value is -2.17. The third-order valence-corrected chi connectivity index (χ3v) is 2.48. The van der Waals surface area contributed by atoms with Gasteiger partial charge in [0.2, 0.25) is 0 Å². The highest BCUT2D eigenvalue weighted by Gasteiger charge is 2.13. The molecule has 0 unspecified atom stereocenters. The molecule has 2 heterocycles. The standard InChI is InChI=1S/C12H13N3O2/c1-3-8-5-4-6-13-10(8)11-14-7-9(15-11)12(16)17-2/h4-7H,3H2,1-2H3,(H,14,15). The van der Waals surface area contributed by atoms with Gasteiger partial charge < -0.3 is 9.72 Å². The Kier molecular flexibility index (Phi) is 3.18. The van der Waals surface area contributed by atoms with Gasteiger partial charge >= 0.3 is 5.97 Å². The number of methoxy groups -OCH3 is 1. The predicted molar refractivity (Wildman–Crippen MR) is 62.5 cm³/mol. The Balaban J connectivity index is 2.40. The number of imidazole rings is 1. The van der Waals surface area contributed by atoms with Crippen LogP contribution in [0.15, 0.2) is 24.5 Å². The number of esters is 1. The summed E-state index contributed by atoms with van der Waals surface area (Å²) in [6, 6.07) is 3.87. The van der Waals surface area contributed by atoms with E-state index < -0.39 is 5.97 Å². The van der Waals surface area contributed by atoms with Crippen LogP contribution in [0.3, 0.4) is 0 Å². The molecule has 1 N–H and O–H groups in total. The molecule has 0 aliphatic rings. The first-order valence-corrected chi connectivity index (χ1v) is 5.33. The summed E-state index contributed by atoms with van der Waals surface area (Å²) in [6.07, 6.45) is 4.02. The maximum Gasteiger partial charge on any atom is 0.356 e. The van der Waals surface area contributed by atoms with Crippen molar-refractivity contribution in [3.63, 3.8) is 0 Å². The van der Waals surface area contributed by atoms with Gasteiger partial charge in [0.25, 0.3) is 0 Å². The number of aromatic nitrogens is 3. The SMILES string of the molecule is CCc1cccnc1-c1ncc(C(=O)OC)[nH]1. The van der Waals surface area contributed by atoms with E-state index in [0.717, 1.165) is 17.7 Å². The highest BCUT2D eigenvalue weighted by molar-refractivity contribution is 5.87. The molecule has 0 aliphatic heterocycles. The lowest BCUT2D eigenvalue weighted by Gasteiger charge is -2.02. The summed E-state index contributed by atoms with van der Waals surface area (Å²) in [5.41, 5.74) is 2.18. The number of aromatic amines is 1. The van der Waals surface area contributed by atoms with Gasteiger partial charge in [-0.15, -0.1) is 0 Å². The number of H-pyrrole nitrogens is 1. The second-order valence-electron chi connectivity index (χ2n) is 3.50. The van der Waals surface area contributed by atoms with E-state index in [2.05, 4.69) is 19.7 Å².